The van der Waals surface area contributed by atoms with Crippen LogP contribution in [0.4, 0.5) is 0 Å². The Morgan fingerprint density at radius 1 is 1.44 bits per heavy atom. The number of nitrogens with zero attached hydrogens (tertiary/aromatic N) is 1. The highest BCUT2D eigenvalue weighted by Crippen LogP contribution is 2.17. The van der Waals surface area contributed by atoms with E-state index in [2.05, 4.69) is 21.2 Å². The predicted molar refractivity (Wildman–Crippen MR) is 76.5 cm³/mol. The number of rotatable bonds is 4. The molecule has 1 heterocycles. The zero-order chi connectivity index (χ0) is 13.0. The van der Waals surface area contributed by atoms with Crippen molar-refractivity contribution >= 4 is 21.8 Å². The van der Waals surface area contributed by atoms with Crippen molar-refractivity contribution in [2.24, 2.45) is 5.92 Å². The van der Waals surface area contributed by atoms with E-state index >= 15 is 0 Å². The SMILES string of the molecule is CNC[C@H]1CCN(C(=O)Cc2ccc(Br)cc2)C1. The maximum atomic E-state index is 12.1. The Morgan fingerprint density at radius 2 is 2.17 bits per heavy atom. The van der Waals surface area contributed by atoms with Crippen molar-refractivity contribution in [3.8, 4) is 0 Å². The fraction of sp³-hybridized carbons (Fsp3) is 0.500. The number of amides is 1. The molecule has 1 aliphatic heterocycles. The summed E-state index contributed by atoms with van der Waals surface area (Å²) in [5.41, 5.74) is 1.08. The van der Waals surface area contributed by atoms with Crippen molar-refractivity contribution in [3.05, 3.63) is 34.3 Å². The Hall–Kier alpha value is -0.870. The lowest BCUT2D eigenvalue weighted by Gasteiger charge is -2.16. The number of halogens is 1. The van der Waals surface area contributed by atoms with Crippen molar-refractivity contribution in [1.29, 1.82) is 0 Å². The molecule has 0 saturated carbocycles. The van der Waals surface area contributed by atoms with E-state index in [1.165, 1.54) is 0 Å². The van der Waals surface area contributed by atoms with Crippen molar-refractivity contribution in [1.82, 2.24) is 10.2 Å². The van der Waals surface area contributed by atoms with Crippen LogP contribution in [0.25, 0.3) is 0 Å². The van der Waals surface area contributed by atoms with E-state index in [1.807, 2.05) is 36.2 Å². The lowest BCUT2D eigenvalue weighted by atomic mass is 10.1. The number of benzene rings is 1. The van der Waals surface area contributed by atoms with Crippen LogP contribution in [0, 0.1) is 5.92 Å². The van der Waals surface area contributed by atoms with Gasteiger partial charge >= 0.3 is 0 Å². The van der Waals surface area contributed by atoms with Gasteiger partial charge in [0.05, 0.1) is 6.42 Å². The summed E-state index contributed by atoms with van der Waals surface area (Å²) in [7, 11) is 1.96. The molecule has 2 rings (SSSR count). The second kappa shape index (κ2) is 6.34. The average Bonchev–Trinajstić information content (AvgIpc) is 2.81. The van der Waals surface area contributed by atoms with Gasteiger partial charge in [0.25, 0.3) is 0 Å². The van der Waals surface area contributed by atoms with E-state index in [1.54, 1.807) is 0 Å². The van der Waals surface area contributed by atoms with E-state index in [4.69, 9.17) is 0 Å². The highest BCUT2D eigenvalue weighted by molar-refractivity contribution is 9.10. The van der Waals surface area contributed by atoms with E-state index in [0.29, 0.717) is 12.3 Å². The molecular formula is C14H19BrN2O. The molecule has 1 atom stereocenters. The van der Waals surface area contributed by atoms with Gasteiger partial charge in [0, 0.05) is 17.6 Å². The molecule has 1 N–H and O–H groups in total. The van der Waals surface area contributed by atoms with Crippen molar-refractivity contribution in [2.45, 2.75) is 12.8 Å². The Morgan fingerprint density at radius 3 is 2.83 bits per heavy atom. The Kier molecular flexibility index (Phi) is 4.78. The fourth-order valence-corrected chi connectivity index (χ4v) is 2.67. The normalized spacial score (nSPS) is 19.2. The lowest BCUT2D eigenvalue weighted by molar-refractivity contribution is -0.129. The maximum Gasteiger partial charge on any atom is 0.226 e. The van der Waals surface area contributed by atoms with Crippen LogP contribution in [0.2, 0.25) is 0 Å². The molecule has 0 unspecified atom stereocenters. The summed E-state index contributed by atoms with van der Waals surface area (Å²) in [5, 5.41) is 3.18. The minimum Gasteiger partial charge on any atom is -0.342 e. The molecule has 4 heteroatoms. The highest BCUT2D eigenvalue weighted by atomic mass is 79.9. The molecule has 1 aromatic carbocycles. The summed E-state index contributed by atoms with van der Waals surface area (Å²) in [4.78, 5) is 14.1. The van der Waals surface area contributed by atoms with Crippen LogP contribution in [0.5, 0.6) is 0 Å². The van der Waals surface area contributed by atoms with Gasteiger partial charge in [-0.2, -0.15) is 0 Å². The van der Waals surface area contributed by atoms with Gasteiger partial charge in [0.15, 0.2) is 0 Å². The molecule has 1 fully saturated rings. The van der Waals surface area contributed by atoms with E-state index in [9.17, 15) is 4.79 Å². The van der Waals surface area contributed by atoms with Gasteiger partial charge in [-0.3, -0.25) is 4.79 Å². The molecule has 3 nitrogen and oxygen atoms in total. The summed E-state index contributed by atoms with van der Waals surface area (Å²) in [6.45, 7) is 2.81. The first kappa shape index (κ1) is 13.6. The van der Waals surface area contributed by atoms with Crippen LogP contribution in [0.1, 0.15) is 12.0 Å². The van der Waals surface area contributed by atoms with Gasteiger partial charge in [0.1, 0.15) is 0 Å². The Bertz CT molecular complexity index is 405. The van der Waals surface area contributed by atoms with Crippen LogP contribution < -0.4 is 5.32 Å². The monoisotopic (exact) mass is 310 g/mol. The van der Waals surface area contributed by atoms with Gasteiger partial charge < -0.3 is 10.2 Å². The minimum absolute atomic E-state index is 0.246. The smallest absolute Gasteiger partial charge is 0.226 e. The van der Waals surface area contributed by atoms with Crippen molar-refractivity contribution < 1.29 is 4.79 Å². The van der Waals surface area contributed by atoms with Crippen molar-refractivity contribution in [2.75, 3.05) is 26.7 Å². The van der Waals surface area contributed by atoms with Gasteiger partial charge in [-0.1, -0.05) is 28.1 Å². The largest absolute Gasteiger partial charge is 0.342 e. The van der Waals surface area contributed by atoms with Crippen molar-refractivity contribution in [3.63, 3.8) is 0 Å². The third-order valence-corrected chi connectivity index (χ3v) is 3.93. The molecule has 1 aliphatic rings. The molecule has 0 spiro atoms. The van der Waals surface area contributed by atoms with Crippen LogP contribution >= 0.6 is 15.9 Å². The first-order valence-electron chi connectivity index (χ1n) is 6.36. The van der Waals surface area contributed by atoms with Crippen LogP contribution in [0.15, 0.2) is 28.7 Å². The number of carbonyl (C=O) groups is 1. The topological polar surface area (TPSA) is 32.3 Å². The molecule has 0 aromatic heterocycles. The van der Waals surface area contributed by atoms with E-state index in [0.717, 1.165) is 36.1 Å². The summed E-state index contributed by atoms with van der Waals surface area (Å²) < 4.78 is 1.05. The number of carbonyl (C=O) groups excluding carboxylic acids is 1. The number of hydrogen-bond donors (Lipinski definition) is 1. The fourth-order valence-electron chi connectivity index (χ4n) is 2.40. The van der Waals surface area contributed by atoms with Crippen LogP contribution in [0.3, 0.4) is 0 Å². The molecule has 0 radical (unpaired) electrons. The molecule has 0 bridgehead atoms. The van der Waals surface area contributed by atoms with Crippen LogP contribution in [-0.2, 0) is 11.2 Å². The Labute approximate surface area is 117 Å². The standard InChI is InChI=1S/C14H19BrN2O/c1-16-9-12-6-7-17(10-12)14(18)8-11-2-4-13(15)5-3-11/h2-5,12,16H,6-10H2,1H3/t12-/m1/s1. The quantitative estimate of drug-likeness (QED) is 0.923. The molecule has 0 aliphatic carbocycles. The maximum absolute atomic E-state index is 12.1. The predicted octanol–water partition coefficient (Wildman–Crippen LogP) is 2.06. The third kappa shape index (κ3) is 3.56. The number of nitrogens with one attached hydrogen (secondary N) is 1. The van der Waals surface area contributed by atoms with Gasteiger partial charge in [-0.25, -0.2) is 0 Å². The second-order valence-electron chi connectivity index (χ2n) is 4.86. The Balaban J connectivity index is 1.87. The van der Waals surface area contributed by atoms with Gasteiger partial charge in [0.2, 0.25) is 5.91 Å². The molecule has 18 heavy (non-hydrogen) atoms. The molecule has 1 saturated heterocycles. The molecule has 1 aromatic rings. The summed E-state index contributed by atoms with van der Waals surface area (Å²) >= 11 is 3.40. The van der Waals surface area contributed by atoms with Gasteiger partial charge in [-0.15, -0.1) is 0 Å². The van der Waals surface area contributed by atoms with Gasteiger partial charge in [-0.05, 0) is 43.6 Å². The minimum atomic E-state index is 0.246. The summed E-state index contributed by atoms with van der Waals surface area (Å²) in [6.07, 6.45) is 1.63. The van der Waals surface area contributed by atoms with E-state index < -0.39 is 0 Å². The third-order valence-electron chi connectivity index (χ3n) is 3.40. The molecular weight excluding hydrogens is 292 g/mol. The summed E-state index contributed by atoms with van der Waals surface area (Å²) in [5.74, 6) is 0.861. The van der Waals surface area contributed by atoms with E-state index in [-0.39, 0.29) is 5.91 Å². The molecule has 1 amide bonds. The highest BCUT2D eigenvalue weighted by Gasteiger charge is 2.25. The number of hydrogen-bond acceptors (Lipinski definition) is 2. The zero-order valence-corrected chi connectivity index (χ0v) is 12.2. The second-order valence-corrected chi connectivity index (χ2v) is 5.77. The first-order valence-corrected chi connectivity index (χ1v) is 7.15. The molecule has 98 valence electrons. The summed E-state index contributed by atoms with van der Waals surface area (Å²) in [6, 6.07) is 7.97. The van der Waals surface area contributed by atoms with Crippen LogP contribution in [-0.4, -0.2) is 37.5 Å². The lowest BCUT2D eigenvalue weighted by Crippen LogP contribution is -2.31. The average molecular weight is 311 g/mol. The zero-order valence-electron chi connectivity index (χ0n) is 10.7. The number of likely N-dealkylation sites (tertiary alicyclic amines) is 1. The first-order chi connectivity index (χ1) is 8.69.